The van der Waals surface area contributed by atoms with Crippen LogP contribution in [-0.2, 0) is 0 Å². The molecule has 0 aliphatic heterocycles. The van der Waals surface area contributed by atoms with E-state index in [1.807, 2.05) is 0 Å². The molecule has 0 spiro atoms. The maximum Gasteiger partial charge on any atom is 0.422 e. The number of halogens is 4. The second-order valence-electron chi connectivity index (χ2n) is 4.63. The molecular weight excluding hydrogens is 311 g/mol. The van der Waals surface area contributed by atoms with E-state index in [0.29, 0.717) is 5.89 Å². The van der Waals surface area contributed by atoms with Gasteiger partial charge in [0.05, 0.1) is 6.20 Å². The number of hydrogen-bond donors (Lipinski definition) is 0. The summed E-state index contributed by atoms with van der Waals surface area (Å²) in [6, 6.07) is 1.26. The Morgan fingerprint density at radius 3 is 2.81 bits per heavy atom. The molecule has 0 atom stereocenters. The molecule has 0 bridgehead atoms. The first-order chi connectivity index (χ1) is 9.92. The van der Waals surface area contributed by atoms with Gasteiger partial charge >= 0.3 is 6.18 Å². The van der Waals surface area contributed by atoms with Gasteiger partial charge in [-0.1, -0.05) is 16.8 Å². The first kappa shape index (κ1) is 14.1. The summed E-state index contributed by atoms with van der Waals surface area (Å²) < 4.78 is 46.2. The largest absolute Gasteiger partial charge is 0.482 e. The van der Waals surface area contributed by atoms with Crippen LogP contribution in [0.5, 0.6) is 5.75 Å². The van der Waals surface area contributed by atoms with Gasteiger partial charge in [-0.05, 0) is 12.8 Å². The third-order valence-corrected chi connectivity index (χ3v) is 3.09. The van der Waals surface area contributed by atoms with E-state index in [1.165, 1.54) is 12.3 Å². The molecule has 2 aromatic heterocycles. The number of aromatic nitrogens is 3. The zero-order valence-electron chi connectivity index (χ0n) is 10.5. The fraction of sp³-hybridized carbons (Fsp3) is 0.417. The molecule has 2 aromatic rings. The molecule has 9 heteroatoms. The van der Waals surface area contributed by atoms with Crippen molar-refractivity contribution < 1.29 is 22.4 Å². The van der Waals surface area contributed by atoms with E-state index in [0.717, 1.165) is 12.8 Å². The van der Waals surface area contributed by atoms with Gasteiger partial charge in [-0.15, -0.1) is 0 Å². The molecule has 0 amide bonds. The minimum Gasteiger partial charge on any atom is -0.482 e. The summed E-state index contributed by atoms with van der Waals surface area (Å²) in [5.74, 6) is 0.862. The number of rotatable bonds is 4. The third-order valence-electron chi connectivity index (χ3n) is 2.81. The van der Waals surface area contributed by atoms with Crippen molar-refractivity contribution in [1.29, 1.82) is 0 Å². The zero-order valence-corrected chi connectivity index (χ0v) is 11.3. The van der Waals surface area contributed by atoms with Crippen molar-refractivity contribution >= 4 is 11.6 Å². The highest BCUT2D eigenvalue weighted by atomic mass is 35.5. The van der Waals surface area contributed by atoms with E-state index in [1.54, 1.807) is 0 Å². The van der Waals surface area contributed by atoms with Crippen LogP contribution < -0.4 is 4.74 Å². The highest BCUT2D eigenvalue weighted by Gasteiger charge is 2.31. The number of nitrogens with zero attached hydrogens (tertiary/aromatic N) is 3. The van der Waals surface area contributed by atoms with Crippen LogP contribution in [0.2, 0.25) is 5.02 Å². The van der Waals surface area contributed by atoms with Crippen LogP contribution in [0.25, 0.3) is 11.5 Å². The molecule has 0 unspecified atom stereocenters. The van der Waals surface area contributed by atoms with E-state index < -0.39 is 12.8 Å². The van der Waals surface area contributed by atoms with Crippen LogP contribution in [0.3, 0.4) is 0 Å². The molecule has 0 radical (unpaired) electrons. The third kappa shape index (κ3) is 3.44. The predicted molar refractivity (Wildman–Crippen MR) is 66.1 cm³/mol. The van der Waals surface area contributed by atoms with Gasteiger partial charge < -0.3 is 9.26 Å². The van der Waals surface area contributed by atoms with Crippen LogP contribution in [-0.4, -0.2) is 27.9 Å². The SMILES string of the molecule is FC(F)(F)COc1cc(-c2noc(C3CC3)n2)ncc1Cl. The van der Waals surface area contributed by atoms with E-state index in [-0.39, 0.29) is 28.2 Å². The van der Waals surface area contributed by atoms with Crippen molar-refractivity contribution in [2.45, 2.75) is 24.9 Å². The van der Waals surface area contributed by atoms with Gasteiger partial charge in [0.2, 0.25) is 11.7 Å². The highest BCUT2D eigenvalue weighted by Crippen LogP contribution is 2.39. The molecule has 2 heterocycles. The topological polar surface area (TPSA) is 61.0 Å². The number of pyridine rings is 1. The second kappa shape index (κ2) is 5.18. The van der Waals surface area contributed by atoms with Gasteiger partial charge in [-0.3, -0.25) is 4.98 Å². The normalized spacial score (nSPS) is 15.2. The molecule has 0 N–H and O–H groups in total. The predicted octanol–water partition coefficient (Wildman–Crippen LogP) is 3.60. The van der Waals surface area contributed by atoms with E-state index in [9.17, 15) is 13.2 Å². The lowest BCUT2D eigenvalue weighted by Crippen LogP contribution is -2.19. The van der Waals surface area contributed by atoms with Crippen molar-refractivity contribution in [3.05, 3.63) is 23.2 Å². The Balaban J connectivity index is 1.81. The van der Waals surface area contributed by atoms with E-state index in [2.05, 4.69) is 19.9 Å². The average molecular weight is 320 g/mol. The van der Waals surface area contributed by atoms with Crippen molar-refractivity contribution in [3.63, 3.8) is 0 Å². The van der Waals surface area contributed by atoms with Crippen molar-refractivity contribution in [1.82, 2.24) is 15.1 Å². The fourth-order valence-electron chi connectivity index (χ4n) is 1.65. The minimum atomic E-state index is -4.45. The molecule has 1 saturated carbocycles. The summed E-state index contributed by atoms with van der Waals surface area (Å²) in [6.45, 7) is -1.43. The van der Waals surface area contributed by atoms with Crippen LogP contribution in [0.4, 0.5) is 13.2 Å². The lowest BCUT2D eigenvalue weighted by Gasteiger charge is -2.10. The summed E-state index contributed by atoms with van der Waals surface area (Å²) in [7, 11) is 0. The molecule has 1 aliphatic carbocycles. The van der Waals surface area contributed by atoms with Crippen molar-refractivity contribution in [2.75, 3.05) is 6.61 Å². The monoisotopic (exact) mass is 319 g/mol. The smallest absolute Gasteiger partial charge is 0.422 e. The standard InChI is InChI=1S/C12H9ClF3N3O2/c13-7-4-17-8(3-9(7)20-5-12(14,15)16)10-18-11(21-19-10)6-1-2-6/h3-4,6H,1-2,5H2. The second-order valence-corrected chi connectivity index (χ2v) is 5.04. The van der Waals surface area contributed by atoms with Gasteiger partial charge in [0.25, 0.3) is 0 Å². The summed E-state index contributed by atoms with van der Waals surface area (Å²) >= 11 is 5.76. The molecule has 1 fully saturated rings. The van der Waals surface area contributed by atoms with Crippen LogP contribution in [0.15, 0.2) is 16.8 Å². The van der Waals surface area contributed by atoms with Crippen LogP contribution >= 0.6 is 11.6 Å². The Kier molecular flexibility index (Phi) is 3.48. The maximum absolute atomic E-state index is 12.2. The Labute approximate surface area is 122 Å². The lowest BCUT2D eigenvalue weighted by atomic mass is 10.3. The van der Waals surface area contributed by atoms with Crippen molar-refractivity contribution in [3.8, 4) is 17.3 Å². The Morgan fingerprint density at radius 1 is 1.38 bits per heavy atom. The van der Waals surface area contributed by atoms with E-state index >= 15 is 0 Å². The molecule has 3 rings (SSSR count). The van der Waals surface area contributed by atoms with Gasteiger partial charge in [0.1, 0.15) is 16.5 Å². The minimum absolute atomic E-state index is 0.0195. The fourth-order valence-corrected chi connectivity index (χ4v) is 1.81. The van der Waals surface area contributed by atoms with Crippen LogP contribution in [0.1, 0.15) is 24.7 Å². The number of ether oxygens (including phenoxy) is 1. The lowest BCUT2D eigenvalue weighted by molar-refractivity contribution is -0.153. The van der Waals surface area contributed by atoms with E-state index in [4.69, 9.17) is 16.1 Å². The van der Waals surface area contributed by atoms with Gasteiger partial charge in [0, 0.05) is 12.0 Å². The molecular formula is C12H9ClF3N3O2. The molecule has 0 aromatic carbocycles. The summed E-state index contributed by atoms with van der Waals surface area (Å²) in [6.07, 6.45) is -1.26. The van der Waals surface area contributed by atoms with Crippen molar-refractivity contribution in [2.24, 2.45) is 0 Å². The summed E-state index contributed by atoms with van der Waals surface area (Å²) in [5.41, 5.74) is 0.243. The first-order valence-electron chi connectivity index (χ1n) is 6.11. The molecule has 112 valence electrons. The Morgan fingerprint density at radius 2 is 2.14 bits per heavy atom. The average Bonchev–Trinajstić information content (AvgIpc) is 3.15. The molecule has 1 aliphatic rings. The van der Waals surface area contributed by atoms with Crippen LogP contribution in [0, 0.1) is 0 Å². The van der Waals surface area contributed by atoms with Gasteiger partial charge in [-0.2, -0.15) is 18.2 Å². The summed E-state index contributed by atoms with van der Waals surface area (Å²) in [4.78, 5) is 8.13. The first-order valence-corrected chi connectivity index (χ1v) is 6.49. The molecule has 0 saturated heterocycles. The quantitative estimate of drug-likeness (QED) is 0.861. The van der Waals surface area contributed by atoms with Gasteiger partial charge in [-0.25, -0.2) is 0 Å². The number of alkyl halides is 3. The summed E-state index contributed by atoms with van der Waals surface area (Å²) in [5, 5.41) is 3.74. The number of hydrogen-bond acceptors (Lipinski definition) is 5. The zero-order chi connectivity index (χ0) is 15.0. The Bertz CT molecular complexity index is 655. The highest BCUT2D eigenvalue weighted by molar-refractivity contribution is 6.31. The maximum atomic E-state index is 12.2. The van der Waals surface area contributed by atoms with Gasteiger partial charge in [0.15, 0.2) is 6.61 Å². The molecule has 5 nitrogen and oxygen atoms in total. The molecule has 21 heavy (non-hydrogen) atoms. The Hall–Kier alpha value is -1.83.